The molecule has 0 aromatic heterocycles. The van der Waals surface area contributed by atoms with Gasteiger partial charge in [-0.2, -0.15) is 0 Å². The molecule has 0 aromatic rings. The molecule has 3 nitrogen and oxygen atoms in total. The normalized spacial score (nSPS) is 42.1. The van der Waals surface area contributed by atoms with Crippen molar-refractivity contribution >= 4 is 0 Å². The lowest BCUT2D eigenvalue weighted by Gasteiger charge is -2.53. The van der Waals surface area contributed by atoms with Crippen LogP contribution in [0.2, 0.25) is 0 Å². The van der Waals surface area contributed by atoms with Gasteiger partial charge in [0, 0.05) is 43.3 Å². The highest BCUT2D eigenvalue weighted by Crippen LogP contribution is 2.36. The zero-order chi connectivity index (χ0) is 14.8. The van der Waals surface area contributed by atoms with Gasteiger partial charge in [0.2, 0.25) is 0 Å². The predicted octanol–water partition coefficient (Wildman–Crippen LogP) is 2.85. The van der Waals surface area contributed by atoms with Crippen LogP contribution in [-0.4, -0.2) is 60.1 Å². The first-order chi connectivity index (χ1) is 10.2. The SMILES string of the molecule is CCCC1CN(C2CC3CCCC(C2)N3C)C(CC)CN1. The van der Waals surface area contributed by atoms with Crippen LogP contribution in [-0.2, 0) is 0 Å². The fourth-order valence-electron chi connectivity index (χ4n) is 5.11. The number of fused-ring (bicyclic) bond motifs is 2. The molecule has 4 unspecified atom stereocenters. The number of piperidine rings is 2. The molecule has 0 radical (unpaired) electrons. The van der Waals surface area contributed by atoms with Crippen molar-refractivity contribution in [2.24, 2.45) is 0 Å². The van der Waals surface area contributed by atoms with E-state index >= 15 is 0 Å². The fraction of sp³-hybridized carbons (Fsp3) is 1.00. The zero-order valence-electron chi connectivity index (χ0n) is 14.4. The van der Waals surface area contributed by atoms with Crippen molar-refractivity contribution in [1.82, 2.24) is 15.1 Å². The second-order valence-corrected chi connectivity index (χ2v) is 7.68. The largest absolute Gasteiger partial charge is 0.311 e. The molecule has 2 bridgehead atoms. The minimum absolute atomic E-state index is 0.734. The molecule has 4 atom stereocenters. The second kappa shape index (κ2) is 6.97. The van der Waals surface area contributed by atoms with Crippen LogP contribution in [0, 0.1) is 0 Å². The lowest BCUT2D eigenvalue weighted by atomic mass is 9.80. The summed E-state index contributed by atoms with van der Waals surface area (Å²) in [5.74, 6) is 0. The molecular formula is C18H35N3. The molecule has 3 heteroatoms. The molecule has 0 saturated carbocycles. The monoisotopic (exact) mass is 293 g/mol. The van der Waals surface area contributed by atoms with E-state index in [1.165, 1.54) is 64.5 Å². The molecule has 3 rings (SSSR count). The zero-order valence-corrected chi connectivity index (χ0v) is 14.4. The highest BCUT2D eigenvalue weighted by molar-refractivity contribution is 4.98. The number of hydrogen-bond donors (Lipinski definition) is 1. The Labute approximate surface area is 131 Å². The van der Waals surface area contributed by atoms with Crippen LogP contribution in [0.3, 0.4) is 0 Å². The Bertz CT molecular complexity index is 318. The van der Waals surface area contributed by atoms with Gasteiger partial charge < -0.3 is 10.2 Å². The molecule has 122 valence electrons. The van der Waals surface area contributed by atoms with Crippen LogP contribution in [0.15, 0.2) is 0 Å². The molecule has 3 fully saturated rings. The van der Waals surface area contributed by atoms with E-state index in [-0.39, 0.29) is 0 Å². The highest BCUT2D eigenvalue weighted by atomic mass is 15.3. The smallest absolute Gasteiger partial charge is 0.0221 e. The van der Waals surface area contributed by atoms with Crippen LogP contribution in [0.4, 0.5) is 0 Å². The van der Waals surface area contributed by atoms with E-state index in [1.807, 2.05) is 0 Å². The van der Waals surface area contributed by atoms with Crippen molar-refractivity contribution < 1.29 is 0 Å². The molecule has 21 heavy (non-hydrogen) atoms. The number of piperazine rings is 1. The minimum atomic E-state index is 0.734. The number of hydrogen-bond acceptors (Lipinski definition) is 3. The lowest BCUT2D eigenvalue weighted by molar-refractivity contribution is -0.0198. The molecule has 0 spiro atoms. The summed E-state index contributed by atoms with van der Waals surface area (Å²) in [6.45, 7) is 7.19. The minimum Gasteiger partial charge on any atom is -0.311 e. The summed E-state index contributed by atoms with van der Waals surface area (Å²) in [7, 11) is 2.37. The first kappa shape index (κ1) is 15.8. The third-order valence-corrected chi connectivity index (χ3v) is 6.43. The average molecular weight is 293 g/mol. The second-order valence-electron chi connectivity index (χ2n) is 7.68. The van der Waals surface area contributed by atoms with Crippen LogP contribution in [0.5, 0.6) is 0 Å². The fourth-order valence-corrected chi connectivity index (χ4v) is 5.11. The van der Waals surface area contributed by atoms with Gasteiger partial charge in [-0.1, -0.05) is 26.7 Å². The van der Waals surface area contributed by atoms with Crippen LogP contribution in [0.1, 0.15) is 65.2 Å². The summed E-state index contributed by atoms with van der Waals surface area (Å²) in [6, 6.07) is 4.08. The number of nitrogens with one attached hydrogen (secondary N) is 1. The molecule has 1 N–H and O–H groups in total. The van der Waals surface area contributed by atoms with Gasteiger partial charge in [-0.3, -0.25) is 4.90 Å². The van der Waals surface area contributed by atoms with Crippen molar-refractivity contribution in [3.8, 4) is 0 Å². The third-order valence-electron chi connectivity index (χ3n) is 6.43. The third kappa shape index (κ3) is 3.30. The van der Waals surface area contributed by atoms with E-state index in [2.05, 4.69) is 36.0 Å². The summed E-state index contributed by atoms with van der Waals surface area (Å²) >= 11 is 0. The summed E-state index contributed by atoms with van der Waals surface area (Å²) in [4.78, 5) is 5.61. The van der Waals surface area contributed by atoms with Crippen LogP contribution < -0.4 is 5.32 Å². The molecule has 3 aliphatic heterocycles. The van der Waals surface area contributed by atoms with Crippen LogP contribution in [0.25, 0.3) is 0 Å². The van der Waals surface area contributed by atoms with Crippen LogP contribution >= 0.6 is 0 Å². The first-order valence-electron chi connectivity index (χ1n) is 9.44. The summed E-state index contributed by atoms with van der Waals surface area (Å²) in [5, 5.41) is 3.80. The maximum Gasteiger partial charge on any atom is 0.0221 e. The number of rotatable bonds is 4. The van der Waals surface area contributed by atoms with Crippen molar-refractivity contribution in [1.29, 1.82) is 0 Å². The first-order valence-corrected chi connectivity index (χ1v) is 9.44. The summed E-state index contributed by atoms with van der Waals surface area (Å²) in [6.07, 6.45) is 11.1. The highest BCUT2D eigenvalue weighted by Gasteiger charge is 2.41. The van der Waals surface area contributed by atoms with Crippen molar-refractivity contribution in [3.05, 3.63) is 0 Å². The summed E-state index contributed by atoms with van der Waals surface area (Å²) < 4.78 is 0. The summed E-state index contributed by atoms with van der Waals surface area (Å²) in [5.41, 5.74) is 0. The van der Waals surface area contributed by atoms with Gasteiger partial charge in [0.05, 0.1) is 0 Å². The maximum absolute atomic E-state index is 3.80. The molecule has 3 aliphatic rings. The van der Waals surface area contributed by atoms with E-state index in [4.69, 9.17) is 0 Å². The van der Waals surface area contributed by atoms with E-state index in [9.17, 15) is 0 Å². The van der Waals surface area contributed by atoms with Gasteiger partial charge in [-0.05, 0) is 45.6 Å². The Balaban J connectivity index is 1.68. The van der Waals surface area contributed by atoms with Crippen molar-refractivity contribution in [2.75, 3.05) is 20.1 Å². The lowest BCUT2D eigenvalue weighted by Crippen LogP contribution is -2.63. The van der Waals surface area contributed by atoms with E-state index < -0.39 is 0 Å². The molecule has 0 aromatic carbocycles. The van der Waals surface area contributed by atoms with E-state index in [1.54, 1.807) is 0 Å². The van der Waals surface area contributed by atoms with Gasteiger partial charge in [0.1, 0.15) is 0 Å². The molecular weight excluding hydrogens is 258 g/mol. The Morgan fingerprint density at radius 3 is 2.38 bits per heavy atom. The Hall–Kier alpha value is -0.120. The standard InChI is InChI=1S/C18H35N3/c1-4-7-14-13-21(15(5-2)12-19-14)18-10-16-8-6-9-17(11-18)20(16)3/h14-19H,4-13H2,1-3H3. The van der Waals surface area contributed by atoms with Gasteiger partial charge in [0.25, 0.3) is 0 Å². The molecule has 0 amide bonds. The quantitative estimate of drug-likeness (QED) is 0.860. The Morgan fingerprint density at radius 2 is 1.76 bits per heavy atom. The molecule has 3 heterocycles. The average Bonchev–Trinajstić information content (AvgIpc) is 2.47. The van der Waals surface area contributed by atoms with Crippen molar-refractivity contribution in [3.63, 3.8) is 0 Å². The topological polar surface area (TPSA) is 18.5 Å². The maximum atomic E-state index is 3.80. The van der Waals surface area contributed by atoms with Gasteiger partial charge >= 0.3 is 0 Å². The van der Waals surface area contributed by atoms with E-state index in [0.29, 0.717) is 0 Å². The van der Waals surface area contributed by atoms with Gasteiger partial charge in [-0.25, -0.2) is 0 Å². The van der Waals surface area contributed by atoms with E-state index in [0.717, 1.165) is 30.2 Å². The van der Waals surface area contributed by atoms with Crippen molar-refractivity contribution in [2.45, 2.75) is 95.4 Å². The molecule has 3 saturated heterocycles. The molecule has 0 aliphatic carbocycles. The number of nitrogens with zero attached hydrogens (tertiary/aromatic N) is 2. The van der Waals surface area contributed by atoms with Gasteiger partial charge in [0.15, 0.2) is 0 Å². The predicted molar refractivity (Wildman–Crippen MR) is 89.7 cm³/mol. The Morgan fingerprint density at radius 1 is 1.05 bits per heavy atom. The van der Waals surface area contributed by atoms with Gasteiger partial charge in [-0.15, -0.1) is 0 Å². The Kier molecular flexibility index (Phi) is 5.23.